The first kappa shape index (κ1) is 15.9. The third-order valence-electron chi connectivity index (χ3n) is 3.66. The van der Waals surface area contributed by atoms with Crippen LogP contribution in [0.3, 0.4) is 0 Å². The minimum absolute atomic E-state index is 0.119. The van der Waals surface area contributed by atoms with Crippen LogP contribution in [0.5, 0.6) is 0 Å². The second kappa shape index (κ2) is 7.04. The molecule has 6 nitrogen and oxygen atoms in total. The number of benzene rings is 1. The molecule has 1 amide bonds. The number of rotatable bonds is 5. The Kier molecular flexibility index (Phi) is 4.65. The molecule has 1 aromatic carbocycles. The van der Waals surface area contributed by atoms with Gasteiger partial charge in [-0.1, -0.05) is 35.5 Å². The molecule has 3 aromatic rings. The predicted octanol–water partition coefficient (Wildman–Crippen LogP) is 2.86. The van der Waals surface area contributed by atoms with Crippen LogP contribution in [-0.2, 0) is 11.2 Å². The summed E-state index contributed by atoms with van der Waals surface area (Å²) in [5.74, 6) is 0.787. The molecule has 0 bridgehead atoms. The molecule has 2 heterocycles. The number of nitrogens with zero attached hydrogens (tertiary/aromatic N) is 3. The second-order valence-corrected chi connectivity index (χ2v) is 5.60. The van der Waals surface area contributed by atoms with Gasteiger partial charge in [0.15, 0.2) is 0 Å². The summed E-state index contributed by atoms with van der Waals surface area (Å²) < 4.78 is 5.30. The molecule has 122 valence electrons. The second-order valence-electron chi connectivity index (χ2n) is 5.60. The fourth-order valence-corrected chi connectivity index (χ4v) is 2.39. The van der Waals surface area contributed by atoms with E-state index in [9.17, 15) is 4.79 Å². The first-order chi connectivity index (χ1) is 11.6. The molecule has 0 saturated carbocycles. The van der Waals surface area contributed by atoms with Crippen LogP contribution in [0.15, 0.2) is 53.3 Å². The van der Waals surface area contributed by atoms with Gasteiger partial charge in [0.05, 0.1) is 6.42 Å². The molecule has 1 atom stereocenters. The van der Waals surface area contributed by atoms with Crippen LogP contribution in [-0.4, -0.2) is 21.0 Å². The Hall–Kier alpha value is -3.02. The fourth-order valence-electron chi connectivity index (χ4n) is 2.39. The molecule has 0 spiro atoms. The summed E-state index contributed by atoms with van der Waals surface area (Å²) >= 11 is 0. The van der Waals surface area contributed by atoms with Crippen molar-refractivity contribution in [1.29, 1.82) is 0 Å². The number of hydrogen-bond acceptors (Lipinski definition) is 5. The van der Waals surface area contributed by atoms with E-state index in [1.807, 2.05) is 44.2 Å². The summed E-state index contributed by atoms with van der Waals surface area (Å²) in [4.78, 5) is 20.5. The van der Waals surface area contributed by atoms with Crippen molar-refractivity contribution in [2.24, 2.45) is 0 Å². The van der Waals surface area contributed by atoms with E-state index in [1.165, 1.54) is 0 Å². The van der Waals surface area contributed by atoms with Gasteiger partial charge in [0.2, 0.25) is 17.6 Å². The van der Waals surface area contributed by atoms with Gasteiger partial charge >= 0.3 is 0 Å². The van der Waals surface area contributed by atoms with Crippen LogP contribution in [0.25, 0.3) is 11.4 Å². The molecule has 0 aliphatic rings. The quantitative estimate of drug-likeness (QED) is 0.781. The Bertz CT molecular complexity index is 830. The van der Waals surface area contributed by atoms with Crippen molar-refractivity contribution in [1.82, 2.24) is 20.4 Å². The monoisotopic (exact) mass is 322 g/mol. The third-order valence-corrected chi connectivity index (χ3v) is 3.66. The number of nitrogens with one attached hydrogen (secondary N) is 1. The lowest BCUT2D eigenvalue weighted by Gasteiger charge is -2.09. The summed E-state index contributed by atoms with van der Waals surface area (Å²) in [6.07, 6.45) is 3.61. The molecule has 0 aliphatic carbocycles. The smallest absolute Gasteiger partial charge is 0.249 e. The molecule has 2 aromatic heterocycles. The first-order valence-electron chi connectivity index (χ1n) is 7.71. The number of pyridine rings is 1. The van der Waals surface area contributed by atoms with Crippen molar-refractivity contribution >= 4 is 5.91 Å². The molecule has 3 rings (SSSR count). The molecule has 0 radical (unpaired) electrons. The highest BCUT2D eigenvalue weighted by Gasteiger charge is 2.18. The lowest BCUT2D eigenvalue weighted by molar-refractivity contribution is -0.121. The maximum Gasteiger partial charge on any atom is 0.249 e. The maximum absolute atomic E-state index is 12.1. The third kappa shape index (κ3) is 3.65. The van der Waals surface area contributed by atoms with Gasteiger partial charge in [-0.05, 0) is 31.0 Å². The van der Waals surface area contributed by atoms with Gasteiger partial charge in [-0.15, -0.1) is 0 Å². The van der Waals surface area contributed by atoms with E-state index in [-0.39, 0.29) is 18.4 Å². The van der Waals surface area contributed by atoms with Gasteiger partial charge in [0.1, 0.15) is 6.04 Å². The van der Waals surface area contributed by atoms with Gasteiger partial charge < -0.3 is 9.84 Å². The molecule has 6 heteroatoms. The van der Waals surface area contributed by atoms with Crippen LogP contribution in [0.2, 0.25) is 0 Å². The average Bonchev–Trinajstić information content (AvgIpc) is 3.06. The maximum atomic E-state index is 12.1. The largest absolute Gasteiger partial charge is 0.344 e. The zero-order valence-electron chi connectivity index (χ0n) is 13.6. The number of carbonyl (C=O) groups is 1. The number of carbonyl (C=O) groups excluding carboxylic acids is 1. The van der Waals surface area contributed by atoms with Crippen molar-refractivity contribution in [2.75, 3.05) is 0 Å². The highest BCUT2D eigenvalue weighted by atomic mass is 16.5. The number of aromatic nitrogens is 3. The molecule has 0 saturated heterocycles. The minimum atomic E-state index is -0.362. The van der Waals surface area contributed by atoms with Gasteiger partial charge in [-0.25, -0.2) is 0 Å². The van der Waals surface area contributed by atoms with Gasteiger partial charge in [0.25, 0.3) is 0 Å². The van der Waals surface area contributed by atoms with Crippen LogP contribution in [0.1, 0.15) is 30.0 Å². The fraction of sp³-hybridized carbons (Fsp3) is 0.222. The van der Waals surface area contributed by atoms with E-state index in [0.717, 1.165) is 16.7 Å². The zero-order valence-corrected chi connectivity index (χ0v) is 13.6. The topological polar surface area (TPSA) is 80.9 Å². The van der Waals surface area contributed by atoms with Gasteiger partial charge in [-0.2, -0.15) is 4.98 Å². The van der Waals surface area contributed by atoms with E-state index in [4.69, 9.17) is 4.52 Å². The summed E-state index contributed by atoms with van der Waals surface area (Å²) in [5, 5.41) is 6.87. The highest BCUT2D eigenvalue weighted by molar-refractivity contribution is 5.78. The zero-order chi connectivity index (χ0) is 16.9. The molecule has 24 heavy (non-hydrogen) atoms. The molecule has 1 N–H and O–H groups in total. The first-order valence-corrected chi connectivity index (χ1v) is 7.71. The molecule has 1 unspecified atom stereocenters. The standard InChI is InChI=1S/C18H18N4O2/c1-12-6-3-4-8-15(12)17-21-18(24-22-17)13(2)20-16(23)10-14-7-5-9-19-11-14/h3-9,11,13H,10H2,1-2H3,(H,20,23). The van der Waals surface area contributed by atoms with Crippen LogP contribution < -0.4 is 5.32 Å². The van der Waals surface area contributed by atoms with E-state index in [0.29, 0.717) is 11.7 Å². The van der Waals surface area contributed by atoms with Crippen molar-refractivity contribution in [2.45, 2.75) is 26.3 Å². The molecular formula is C18H18N4O2. The Morgan fingerprint density at radius 1 is 1.25 bits per heavy atom. The van der Waals surface area contributed by atoms with Crippen molar-refractivity contribution in [3.05, 3.63) is 65.8 Å². The predicted molar refractivity (Wildman–Crippen MR) is 89.0 cm³/mol. The van der Waals surface area contributed by atoms with Gasteiger partial charge in [-0.3, -0.25) is 9.78 Å². The van der Waals surface area contributed by atoms with E-state index in [1.54, 1.807) is 18.5 Å². The van der Waals surface area contributed by atoms with E-state index in [2.05, 4.69) is 20.4 Å². The van der Waals surface area contributed by atoms with Crippen LogP contribution in [0, 0.1) is 6.92 Å². The Morgan fingerprint density at radius 2 is 2.08 bits per heavy atom. The van der Waals surface area contributed by atoms with Crippen molar-refractivity contribution in [3.63, 3.8) is 0 Å². The van der Waals surface area contributed by atoms with Crippen LogP contribution >= 0.6 is 0 Å². The number of aryl methyl sites for hydroxylation is 1. The highest BCUT2D eigenvalue weighted by Crippen LogP contribution is 2.21. The number of amides is 1. The summed E-state index contributed by atoms with van der Waals surface area (Å²) in [6, 6.07) is 11.1. The van der Waals surface area contributed by atoms with Gasteiger partial charge in [0, 0.05) is 18.0 Å². The molecule has 0 fully saturated rings. The Labute approximate surface area is 139 Å². The lowest BCUT2D eigenvalue weighted by atomic mass is 10.1. The SMILES string of the molecule is Cc1ccccc1-c1noc(C(C)NC(=O)Cc2cccnc2)n1. The van der Waals surface area contributed by atoms with Crippen molar-refractivity contribution in [3.8, 4) is 11.4 Å². The van der Waals surface area contributed by atoms with Crippen LogP contribution in [0.4, 0.5) is 0 Å². The normalized spacial score (nSPS) is 11.9. The summed E-state index contributed by atoms with van der Waals surface area (Å²) in [7, 11) is 0. The van der Waals surface area contributed by atoms with Crippen molar-refractivity contribution < 1.29 is 9.32 Å². The molecular weight excluding hydrogens is 304 g/mol. The molecule has 0 aliphatic heterocycles. The lowest BCUT2D eigenvalue weighted by Crippen LogP contribution is -2.28. The minimum Gasteiger partial charge on any atom is -0.344 e. The van der Waals surface area contributed by atoms with E-state index < -0.39 is 0 Å². The average molecular weight is 322 g/mol. The summed E-state index contributed by atoms with van der Waals surface area (Å²) in [6.45, 7) is 3.81. The summed E-state index contributed by atoms with van der Waals surface area (Å²) in [5.41, 5.74) is 2.84. The number of hydrogen-bond donors (Lipinski definition) is 1. The Balaban J connectivity index is 1.67. The Morgan fingerprint density at radius 3 is 2.83 bits per heavy atom. The van der Waals surface area contributed by atoms with E-state index >= 15 is 0 Å².